The zero-order valence-electron chi connectivity index (χ0n) is 7.71. The number of halogens is 2. The lowest BCUT2D eigenvalue weighted by Crippen LogP contribution is -1.96. The highest BCUT2D eigenvalue weighted by Gasteiger charge is 2.12. The third kappa shape index (κ3) is 1.93. The molecular formula is C10H8BrFN2O. The van der Waals surface area contributed by atoms with Crippen molar-refractivity contribution in [1.29, 1.82) is 0 Å². The molecule has 0 aliphatic rings. The van der Waals surface area contributed by atoms with Gasteiger partial charge in [0, 0.05) is 6.54 Å². The lowest BCUT2D eigenvalue weighted by molar-refractivity contribution is 0.559. The minimum Gasteiger partial charge on any atom is -0.444 e. The molecule has 15 heavy (non-hydrogen) atoms. The fourth-order valence-electron chi connectivity index (χ4n) is 1.19. The molecule has 0 amide bonds. The summed E-state index contributed by atoms with van der Waals surface area (Å²) in [5, 5.41) is 0. The fraction of sp³-hybridized carbons (Fsp3) is 0.100. The Morgan fingerprint density at radius 1 is 1.47 bits per heavy atom. The van der Waals surface area contributed by atoms with Crippen LogP contribution in [0.15, 0.2) is 33.4 Å². The molecule has 2 N–H and O–H groups in total. The summed E-state index contributed by atoms with van der Waals surface area (Å²) in [6, 6.07) is 4.94. The molecule has 2 aromatic rings. The van der Waals surface area contributed by atoms with Crippen molar-refractivity contribution in [3.63, 3.8) is 0 Å². The van der Waals surface area contributed by atoms with E-state index in [-0.39, 0.29) is 18.3 Å². The van der Waals surface area contributed by atoms with Gasteiger partial charge in [-0.25, -0.2) is 9.37 Å². The highest BCUT2D eigenvalue weighted by atomic mass is 79.9. The predicted octanol–water partition coefficient (Wildman–Crippen LogP) is 2.70. The SMILES string of the molecule is NCc1coc(-c2cccc(Br)c2F)n1. The van der Waals surface area contributed by atoms with E-state index < -0.39 is 0 Å². The molecule has 0 saturated carbocycles. The van der Waals surface area contributed by atoms with Gasteiger partial charge in [-0.1, -0.05) is 6.07 Å². The van der Waals surface area contributed by atoms with E-state index >= 15 is 0 Å². The molecule has 0 bridgehead atoms. The van der Waals surface area contributed by atoms with Gasteiger partial charge in [0.1, 0.15) is 12.1 Å². The number of hydrogen-bond donors (Lipinski definition) is 1. The molecule has 0 saturated heterocycles. The van der Waals surface area contributed by atoms with Crippen LogP contribution in [0.1, 0.15) is 5.69 Å². The molecule has 2 rings (SSSR count). The maximum atomic E-state index is 13.6. The van der Waals surface area contributed by atoms with Crippen molar-refractivity contribution in [2.24, 2.45) is 5.73 Å². The second kappa shape index (κ2) is 4.12. The van der Waals surface area contributed by atoms with Crippen molar-refractivity contribution in [1.82, 2.24) is 4.98 Å². The summed E-state index contributed by atoms with van der Waals surface area (Å²) in [5.41, 5.74) is 6.31. The molecule has 0 aliphatic carbocycles. The van der Waals surface area contributed by atoms with Crippen LogP contribution in [0.4, 0.5) is 4.39 Å². The van der Waals surface area contributed by atoms with Crippen LogP contribution in [0.3, 0.4) is 0 Å². The fourth-order valence-corrected chi connectivity index (χ4v) is 1.56. The minimum atomic E-state index is -0.386. The predicted molar refractivity (Wildman–Crippen MR) is 57.5 cm³/mol. The van der Waals surface area contributed by atoms with Gasteiger partial charge in [0.2, 0.25) is 5.89 Å². The van der Waals surface area contributed by atoms with Gasteiger partial charge >= 0.3 is 0 Å². The largest absolute Gasteiger partial charge is 0.444 e. The van der Waals surface area contributed by atoms with Gasteiger partial charge in [-0.3, -0.25) is 0 Å². The van der Waals surface area contributed by atoms with E-state index in [4.69, 9.17) is 10.2 Å². The Kier molecular flexibility index (Phi) is 2.83. The lowest BCUT2D eigenvalue weighted by atomic mass is 10.2. The van der Waals surface area contributed by atoms with Crippen LogP contribution in [0.5, 0.6) is 0 Å². The number of benzene rings is 1. The number of nitrogens with zero attached hydrogens (tertiary/aromatic N) is 1. The van der Waals surface area contributed by atoms with Crippen molar-refractivity contribution >= 4 is 15.9 Å². The van der Waals surface area contributed by atoms with Crippen molar-refractivity contribution in [2.45, 2.75) is 6.54 Å². The first-order valence-corrected chi connectivity index (χ1v) is 5.10. The third-order valence-corrected chi connectivity index (χ3v) is 2.56. The Bertz CT molecular complexity index is 484. The molecule has 0 atom stereocenters. The van der Waals surface area contributed by atoms with Gasteiger partial charge in [0.15, 0.2) is 0 Å². The van der Waals surface area contributed by atoms with Crippen LogP contribution in [0.25, 0.3) is 11.5 Å². The maximum Gasteiger partial charge on any atom is 0.229 e. The van der Waals surface area contributed by atoms with Crippen molar-refractivity contribution in [3.05, 3.63) is 40.4 Å². The number of nitrogens with two attached hydrogens (primary N) is 1. The lowest BCUT2D eigenvalue weighted by Gasteiger charge is -1.99. The van der Waals surface area contributed by atoms with Gasteiger partial charge in [0.05, 0.1) is 15.7 Å². The smallest absolute Gasteiger partial charge is 0.229 e. The van der Waals surface area contributed by atoms with E-state index in [1.165, 1.54) is 6.26 Å². The van der Waals surface area contributed by atoms with E-state index in [2.05, 4.69) is 20.9 Å². The maximum absolute atomic E-state index is 13.6. The van der Waals surface area contributed by atoms with E-state index in [0.29, 0.717) is 15.7 Å². The summed E-state index contributed by atoms with van der Waals surface area (Å²) in [7, 11) is 0. The molecule has 1 aromatic carbocycles. The molecule has 3 nitrogen and oxygen atoms in total. The van der Waals surface area contributed by atoms with Crippen molar-refractivity contribution in [3.8, 4) is 11.5 Å². The summed E-state index contributed by atoms with van der Waals surface area (Å²) in [5.74, 6) is -0.142. The summed E-state index contributed by atoms with van der Waals surface area (Å²) >= 11 is 3.10. The Balaban J connectivity index is 2.49. The molecule has 0 radical (unpaired) electrons. The first-order valence-electron chi connectivity index (χ1n) is 4.31. The molecule has 5 heteroatoms. The van der Waals surface area contributed by atoms with E-state index in [1.54, 1.807) is 18.2 Å². The summed E-state index contributed by atoms with van der Waals surface area (Å²) < 4.78 is 19.1. The standard InChI is InChI=1S/C10H8BrFN2O/c11-8-3-1-2-7(9(8)12)10-14-6(4-13)5-15-10/h1-3,5H,4,13H2. The average molecular weight is 271 g/mol. The minimum absolute atomic E-state index is 0.245. The number of rotatable bonds is 2. The monoisotopic (exact) mass is 270 g/mol. The molecular weight excluding hydrogens is 263 g/mol. The molecule has 0 fully saturated rings. The number of oxazole rings is 1. The summed E-state index contributed by atoms with van der Waals surface area (Å²) in [4.78, 5) is 4.05. The van der Waals surface area contributed by atoms with Crippen LogP contribution in [-0.4, -0.2) is 4.98 Å². The van der Waals surface area contributed by atoms with Crippen molar-refractivity contribution in [2.75, 3.05) is 0 Å². The van der Waals surface area contributed by atoms with Crippen LogP contribution in [0.2, 0.25) is 0 Å². The van der Waals surface area contributed by atoms with E-state index in [9.17, 15) is 4.39 Å². The first-order chi connectivity index (χ1) is 7.22. The first kappa shape index (κ1) is 10.3. The van der Waals surface area contributed by atoms with Gasteiger partial charge in [-0.15, -0.1) is 0 Å². The van der Waals surface area contributed by atoms with Crippen LogP contribution in [0, 0.1) is 5.82 Å². The molecule has 1 aromatic heterocycles. The normalized spacial score (nSPS) is 10.6. The van der Waals surface area contributed by atoms with Crippen LogP contribution >= 0.6 is 15.9 Å². The zero-order chi connectivity index (χ0) is 10.8. The van der Waals surface area contributed by atoms with Gasteiger partial charge in [-0.2, -0.15) is 0 Å². The Morgan fingerprint density at radius 3 is 2.93 bits per heavy atom. The summed E-state index contributed by atoms with van der Waals surface area (Å²) in [6.45, 7) is 0.277. The Labute approximate surface area is 94.2 Å². The average Bonchev–Trinajstić information content (AvgIpc) is 2.70. The van der Waals surface area contributed by atoms with Gasteiger partial charge in [0.25, 0.3) is 0 Å². The van der Waals surface area contributed by atoms with Crippen LogP contribution in [-0.2, 0) is 6.54 Å². The molecule has 0 unspecified atom stereocenters. The van der Waals surface area contributed by atoms with Crippen molar-refractivity contribution < 1.29 is 8.81 Å². The Hall–Kier alpha value is -1.20. The van der Waals surface area contributed by atoms with E-state index in [0.717, 1.165) is 0 Å². The second-order valence-electron chi connectivity index (χ2n) is 2.95. The molecule has 0 aliphatic heterocycles. The van der Waals surface area contributed by atoms with Gasteiger partial charge < -0.3 is 10.2 Å². The summed E-state index contributed by atoms with van der Waals surface area (Å²) in [6.07, 6.45) is 1.43. The molecule has 78 valence electrons. The topological polar surface area (TPSA) is 52.0 Å². The highest BCUT2D eigenvalue weighted by Crippen LogP contribution is 2.26. The molecule has 1 heterocycles. The number of hydrogen-bond acceptors (Lipinski definition) is 3. The highest BCUT2D eigenvalue weighted by molar-refractivity contribution is 9.10. The van der Waals surface area contributed by atoms with E-state index in [1.807, 2.05) is 0 Å². The number of aromatic nitrogens is 1. The second-order valence-corrected chi connectivity index (χ2v) is 3.80. The van der Waals surface area contributed by atoms with Crippen LogP contribution < -0.4 is 5.73 Å². The quantitative estimate of drug-likeness (QED) is 0.913. The Morgan fingerprint density at radius 2 is 2.27 bits per heavy atom. The zero-order valence-corrected chi connectivity index (χ0v) is 9.29. The third-order valence-electron chi connectivity index (χ3n) is 1.94. The van der Waals surface area contributed by atoms with Gasteiger partial charge in [-0.05, 0) is 28.1 Å². The molecule has 0 spiro atoms.